The van der Waals surface area contributed by atoms with Gasteiger partial charge in [0.15, 0.2) is 0 Å². The highest BCUT2D eigenvalue weighted by molar-refractivity contribution is 6.37. The maximum atomic E-state index is 13.7. The van der Waals surface area contributed by atoms with Crippen LogP contribution >= 0.6 is 11.6 Å². The Morgan fingerprint density at radius 1 is 1.41 bits per heavy atom. The minimum absolute atomic E-state index is 0.196. The molecule has 0 fully saturated rings. The third-order valence-electron chi connectivity index (χ3n) is 3.33. The first-order valence-corrected chi connectivity index (χ1v) is 7.02. The van der Waals surface area contributed by atoms with E-state index in [1.165, 1.54) is 19.3 Å². The normalized spacial score (nSPS) is 20.2. The number of ether oxygens (including phenoxy) is 1. The minimum atomic E-state index is -1.29. The van der Waals surface area contributed by atoms with Crippen LogP contribution in [0.2, 0.25) is 0 Å². The van der Waals surface area contributed by atoms with E-state index < -0.39 is 16.8 Å². The predicted octanol–water partition coefficient (Wildman–Crippen LogP) is 2.44. The molecule has 1 unspecified atom stereocenters. The summed E-state index contributed by atoms with van der Waals surface area (Å²) in [5, 5.41) is 2.41. The number of rotatable bonds is 4. The van der Waals surface area contributed by atoms with Gasteiger partial charge in [0.25, 0.3) is 0 Å². The molecule has 0 aromatic heterocycles. The van der Waals surface area contributed by atoms with Gasteiger partial charge in [-0.3, -0.25) is 9.59 Å². The average Bonchev–Trinajstić information content (AvgIpc) is 2.53. The number of benzene rings is 1. The molecule has 0 bridgehead atoms. The lowest BCUT2D eigenvalue weighted by molar-refractivity contribution is -0.141. The van der Waals surface area contributed by atoms with Crippen LogP contribution in [0.3, 0.4) is 0 Å². The van der Waals surface area contributed by atoms with Crippen LogP contribution in [0.4, 0.5) is 4.39 Å². The molecule has 1 aliphatic carbocycles. The van der Waals surface area contributed by atoms with Gasteiger partial charge in [0.05, 0.1) is 7.11 Å². The van der Waals surface area contributed by atoms with Gasteiger partial charge in [-0.2, -0.15) is 0 Å². The smallest absolute Gasteiger partial charge is 0.325 e. The maximum absolute atomic E-state index is 13.7. The summed E-state index contributed by atoms with van der Waals surface area (Å²) in [5.41, 5.74) is 1.11. The van der Waals surface area contributed by atoms with E-state index in [0.29, 0.717) is 11.1 Å². The van der Waals surface area contributed by atoms with Gasteiger partial charge in [-0.05, 0) is 18.1 Å². The Kier molecular flexibility index (Phi) is 4.98. The summed E-state index contributed by atoms with van der Waals surface area (Å²) in [6.07, 6.45) is 5.00. The number of carbonyl (C=O) groups excluding carboxylic acids is 2. The fraction of sp³-hybridized carbons (Fsp3) is 0.250. The highest BCUT2D eigenvalue weighted by atomic mass is 35.5. The second-order valence-electron chi connectivity index (χ2n) is 4.80. The molecule has 1 aliphatic rings. The van der Waals surface area contributed by atoms with Crippen molar-refractivity contribution >= 4 is 29.1 Å². The number of alkyl halides is 1. The number of carbonyl (C=O) groups is 2. The van der Waals surface area contributed by atoms with E-state index in [2.05, 4.69) is 10.1 Å². The van der Waals surface area contributed by atoms with Crippen molar-refractivity contribution in [3.8, 4) is 0 Å². The molecule has 1 aromatic rings. The lowest BCUT2D eigenvalue weighted by Gasteiger charge is -2.24. The average molecular weight is 324 g/mol. The monoisotopic (exact) mass is 323 g/mol. The first-order chi connectivity index (χ1) is 10.5. The van der Waals surface area contributed by atoms with Gasteiger partial charge in [-0.15, -0.1) is 11.6 Å². The lowest BCUT2D eigenvalue weighted by atomic mass is 9.91. The van der Waals surface area contributed by atoms with E-state index in [4.69, 9.17) is 11.6 Å². The van der Waals surface area contributed by atoms with Gasteiger partial charge in [0.2, 0.25) is 5.91 Å². The summed E-state index contributed by atoms with van der Waals surface area (Å²) in [6.45, 7) is -0.248. The van der Waals surface area contributed by atoms with E-state index in [1.54, 1.807) is 30.4 Å². The van der Waals surface area contributed by atoms with E-state index >= 15 is 0 Å². The van der Waals surface area contributed by atoms with Crippen molar-refractivity contribution < 1.29 is 18.7 Å². The van der Waals surface area contributed by atoms with Gasteiger partial charge in [-0.25, -0.2) is 4.39 Å². The van der Waals surface area contributed by atoms with Crippen LogP contribution in [0, 0.1) is 5.82 Å². The molecule has 22 heavy (non-hydrogen) atoms. The fourth-order valence-electron chi connectivity index (χ4n) is 2.05. The first-order valence-electron chi connectivity index (χ1n) is 6.64. The molecule has 1 N–H and O–H groups in total. The second kappa shape index (κ2) is 6.75. The van der Waals surface area contributed by atoms with Crippen LogP contribution in [0.15, 0.2) is 42.5 Å². The quantitative estimate of drug-likeness (QED) is 0.684. The van der Waals surface area contributed by atoms with Gasteiger partial charge in [0, 0.05) is 5.56 Å². The second-order valence-corrected chi connectivity index (χ2v) is 5.47. The van der Waals surface area contributed by atoms with Crippen LogP contribution in [-0.4, -0.2) is 30.4 Å². The summed E-state index contributed by atoms with van der Waals surface area (Å²) >= 11 is 6.26. The Hall–Kier alpha value is -2.14. The summed E-state index contributed by atoms with van der Waals surface area (Å²) in [7, 11) is 1.23. The van der Waals surface area contributed by atoms with Crippen molar-refractivity contribution in [3.63, 3.8) is 0 Å². The van der Waals surface area contributed by atoms with Crippen molar-refractivity contribution in [2.24, 2.45) is 0 Å². The van der Waals surface area contributed by atoms with Crippen LogP contribution in [0.5, 0.6) is 0 Å². The molecule has 4 nitrogen and oxygen atoms in total. The van der Waals surface area contributed by atoms with Crippen molar-refractivity contribution in [2.45, 2.75) is 11.3 Å². The SMILES string of the molecule is COC(=O)CNC(=O)C1(Cl)C=CC(c2ccccc2F)=CC1. The van der Waals surface area contributed by atoms with E-state index in [1.807, 2.05) is 0 Å². The van der Waals surface area contributed by atoms with Gasteiger partial charge in [-0.1, -0.05) is 36.4 Å². The number of nitrogens with one attached hydrogen (secondary N) is 1. The van der Waals surface area contributed by atoms with E-state index in [9.17, 15) is 14.0 Å². The third-order valence-corrected chi connectivity index (χ3v) is 3.78. The predicted molar refractivity (Wildman–Crippen MR) is 81.7 cm³/mol. The molecule has 0 saturated heterocycles. The van der Waals surface area contributed by atoms with Crippen molar-refractivity contribution in [1.82, 2.24) is 5.32 Å². The Morgan fingerprint density at radius 3 is 2.73 bits per heavy atom. The Labute approximate surface area is 132 Å². The highest BCUT2D eigenvalue weighted by Crippen LogP contribution is 2.32. The summed E-state index contributed by atoms with van der Waals surface area (Å²) in [4.78, 5) is 21.8. The van der Waals surface area contributed by atoms with Crippen molar-refractivity contribution in [2.75, 3.05) is 13.7 Å². The summed E-state index contributed by atoms with van der Waals surface area (Å²) in [5.74, 6) is -1.40. The van der Waals surface area contributed by atoms with Crippen molar-refractivity contribution in [3.05, 3.63) is 53.9 Å². The third kappa shape index (κ3) is 3.54. The van der Waals surface area contributed by atoms with Crippen LogP contribution in [0.1, 0.15) is 12.0 Å². The molecule has 0 spiro atoms. The maximum Gasteiger partial charge on any atom is 0.325 e. The molecular weight excluding hydrogens is 309 g/mol. The molecule has 1 aromatic carbocycles. The molecule has 2 rings (SSSR count). The van der Waals surface area contributed by atoms with Crippen LogP contribution in [-0.2, 0) is 14.3 Å². The number of halogens is 2. The van der Waals surface area contributed by atoms with Crippen LogP contribution in [0.25, 0.3) is 5.57 Å². The number of hydrogen-bond acceptors (Lipinski definition) is 3. The zero-order chi connectivity index (χ0) is 16.2. The molecule has 0 heterocycles. The number of amides is 1. The van der Waals surface area contributed by atoms with E-state index in [0.717, 1.165) is 0 Å². The van der Waals surface area contributed by atoms with Crippen LogP contribution < -0.4 is 5.32 Å². The molecule has 0 radical (unpaired) electrons. The Morgan fingerprint density at radius 2 is 2.14 bits per heavy atom. The molecular formula is C16H15ClFNO3. The van der Waals surface area contributed by atoms with Gasteiger partial charge < -0.3 is 10.1 Å². The highest BCUT2D eigenvalue weighted by Gasteiger charge is 2.34. The number of allylic oxidation sites excluding steroid dienone is 3. The Balaban J connectivity index is 2.07. The summed E-state index contributed by atoms with van der Waals surface area (Å²) in [6, 6.07) is 6.37. The zero-order valence-corrected chi connectivity index (χ0v) is 12.7. The molecule has 116 valence electrons. The van der Waals surface area contributed by atoms with Gasteiger partial charge in [0.1, 0.15) is 17.2 Å². The lowest BCUT2D eigenvalue weighted by Crippen LogP contribution is -2.43. The molecule has 1 amide bonds. The minimum Gasteiger partial charge on any atom is -0.468 e. The molecule has 0 aliphatic heterocycles. The molecule has 0 saturated carbocycles. The largest absolute Gasteiger partial charge is 0.468 e. The number of esters is 1. The van der Waals surface area contributed by atoms with Gasteiger partial charge >= 0.3 is 5.97 Å². The topological polar surface area (TPSA) is 55.4 Å². The number of methoxy groups -OCH3 is 1. The van der Waals surface area contributed by atoms with E-state index in [-0.39, 0.29) is 18.8 Å². The van der Waals surface area contributed by atoms with Crippen molar-refractivity contribution in [1.29, 1.82) is 0 Å². The number of hydrogen-bond donors (Lipinski definition) is 1. The molecule has 1 atom stereocenters. The first kappa shape index (κ1) is 16.2. The summed E-state index contributed by atoms with van der Waals surface area (Å²) < 4.78 is 18.2. The zero-order valence-electron chi connectivity index (χ0n) is 11.9. The molecule has 6 heteroatoms. The standard InChI is InChI=1S/C16H15ClFNO3/c1-22-14(20)10-19-15(21)16(17)8-6-11(7-9-16)12-4-2-3-5-13(12)18/h2-8H,9-10H2,1H3,(H,19,21). The Bertz CT molecular complexity index is 657. The fourth-order valence-corrected chi connectivity index (χ4v) is 2.26.